The topological polar surface area (TPSA) is 115 Å². The highest BCUT2D eigenvalue weighted by molar-refractivity contribution is 7.92. The number of amides is 1. The molecule has 0 saturated carbocycles. The van der Waals surface area contributed by atoms with E-state index in [1.165, 1.54) is 42.5 Å². The first kappa shape index (κ1) is 15.1. The van der Waals surface area contributed by atoms with Gasteiger partial charge in [-0.1, -0.05) is 11.6 Å². The first-order valence-electron chi connectivity index (χ1n) is 5.77. The van der Waals surface area contributed by atoms with Crippen molar-refractivity contribution in [2.45, 2.75) is 4.90 Å². The number of anilines is 2. The van der Waals surface area contributed by atoms with Crippen LogP contribution >= 0.6 is 11.6 Å². The highest BCUT2D eigenvalue weighted by atomic mass is 35.5. The number of hydrogen-bond acceptors (Lipinski definition) is 4. The molecule has 0 aliphatic rings. The normalized spacial score (nSPS) is 11.1. The molecular weight excluding hydrogens is 314 g/mol. The first-order chi connectivity index (χ1) is 9.79. The lowest BCUT2D eigenvalue weighted by molar-refractivity contribution is 0.100. The fraction of sp³-hybridized carbons (Fsp3) is 0. The summed E-state index contributed by atoms with van der Waals surface area (Å²) < 4.78 is 26.8. The molecule has 0 atom stereocenters. The molecular formula is C13H12ClN3O3S. The molecule has 0 aromatic heterocycles. The van der Waals surface area contributed by atoms with Crippen molar-refractivity contribution in [1.82, 2.24) is 0 Å². The van der Waals surface area contributed by atoms with E-state index in [9.17, 15) is 13.2 Å². The number of carbonyl (C=O) groups excluding carboxylic acids is 1. The Morgan fingerprint density at radius 1 is 1.10 bits per heavy atom. The van der Waals surface area contributed by atoms with Crippen LogP contribution in [-0.4, -0.2) is 14.3 Å². The molecule has 1 amide bonds. The van der Waals surface area contributed by atoms with Crippen LogP contribution in [-0.2, 0) is 10.0 Å². The van der Waals surface area contributed by atoms with Crippen molar-refractivity contribution in [3.05, 3.63) is 53.1 Å². The van der Waals surface area contributed by atoms with E-state index >= 15 is 0 Å². The average Bonchev–Trinajstić information content (AvgIpc) is 2.38. The van der Waals surface area contributed by atoms with E-state index < -0.39 is 15.9 Å². The summed E-state index contributed by atoms with van der Waals surface area (Å²) in [6, 6.07) is 9.82. The Bertz CT molecular complexity index is 789. The first-order valence-corrected chi connectivity index (χ1v) is 7.63. The van der Waals surface area contributed by atoms with Crippen molar-refractivity contribution in [1.29, 1.82) is 0 Å². The average molecular weight is 326 g/mol. The molecule has 0 saturated heterocycles. The van der Waals surface area contributed by atoms with Gasteiger partial charge in [0.15, 0.2) is 0 Å². The minimum absolute atomic E-state index is 0.0451. The molecule has 0 aliphatic carbocycles. The number of benzene rings is 2. The summed E-state index contributed by atoms with van der Waals surface area (Å²) in [5.74, 6) is -0.591. The van der Waals surface area contributed by atoms with Crippen LogP contribution in [0.3, 0.4) is 0 Å². The molecule has 2 rings (SSSR count). The standard InChI is InChI=1S/C13H12ClN3O3S/c14-9-3-6-12(11(15)7-9)21(19,20)17-10-4-1-8(2-5-10)13(16)18/h1-7,17H,15H2,(H2,16,18). The van der Waals surface area contributed by atoms with E-state index in [0.29, 0.717) is 5.02 Å². The van der Waals surface area contributed by atoms with Gasteiger partial charge >= 0.3 is 0 Å². The number of hydrogen-bond donors (Lipinski definition) is 3. The van der Waals surface area contributed by atoms with Crippen LogP contribution in [0.2, 0.25) is 5.02 Å². The number of primary amides is 1. The second kappa shape index (κ2) is 5.63. The second-order valence-electron chi connectivity index (χ2n) is 4.23. The SMILES string of the molecule is NC(=O)c1ccc(NS(=O)(=O)c2ccc(Cl)cc2N)cc1. The third-order valence-corrected chi connectivity index (χ3v) is 4.37. The minimum Gasteiger partial charge on any atom is -0.398 e. The van der Waals surface area contributed by atoms with Gasteiger partial charge in [-0.3, -0.25) is 9.52 Å². The Kier molecular flexibility index (Phi) is 4.06. The molecule has 0 spiro atoms. The van der Waals surface area contributed by atoms with Gasteiger partial charge in [-0.25, -0.2) is 8.42 Å². The monoisotopic (exact) mass is 325 g/mol. The number of sulfonamides is 1. The molecule has 0 heterocycles. The van der Waals surface area contributed by atoms with E-state index in [-0.39, 0.29) is 21.8 Å². The molecule has 8 heteroatoms. The van der Waals surface area contributed by atoms with Gasteiger partial charge in [-0.2, -0.15) is 0 Å². The third kappa shape index (κ3) is 3.45. The maximum Gasteiger partial charge on any atom is 0.263 e. The van der Waals surface area contributed by atoms with Gasteiger partial charge in [-0.15, -0.1) is 0 Å². The van der Waals surface area contributed by atoms with Crippen molar-refractivity contribution in [2.24, 2.45) is 5.73 Å². The van der Waals surface area contributed by atoms with E-state index in [2.05, 4.69) is 4.72 Å². The predicted molar refractivity (Wildman–Crippen MR) is 81.6 cm³/mol. The van der Waals surface area contributed by atoms with Crippen LogP contribution in [0.25, 0.3) is 0 Å². The lowest BCUT2D eigenvalue weighted by atomic mass is 10.2. The van der Waals surface area contributed by atoms with Crippen molar-refractivity contribution < 1.29 is 13.2 Å². The Labute approximate surface area is 126 Å². The summed E-state index contributed by atoms with van der Waals surface area (Å²) in [5.41, 5.74) is 11.4. The quantitative estimate of drug-likeness (QED) is 0.743. The number of halogens is 1. The maximum absolute atomic E-state index is 12.2. The highest BCUT2D eigenvalue weighted by Crippen LogP contribution is 2.24. The van der Waals surface area contributed by atoms with Gasteiger partial charge in [0.1, 0.15) is 4.90 Å². The summed E-state index contributed by atoms with van der Waals surface area (Å²) in [6.07, 6.45) is 0. The lowest BCUT2D eigenvalue weighted by Crippen LogP contribution is -2.15. The summed E-state index contributed by atoms with van der Waals surface area (Å²) in [4.78, 5) is 10.9. The largest absolute Gasteiger partial charge is 0.398 e. The van der Waals surface area contributed by atoms with Crippen molar-refractivity contribution in [3.63, 3.8) is 0 Å². The van der Waals surface area contributed by atoms with Crippen molar-refractivity contribution in [3.8, 4) is 0 Å². The Morgan fingerprint density at radius 2 is 1.71 bits per heavy atom. The molecule has 0 radical (unpaired) electrons. The van der Waals surface area contributed by atoms with Crippen molar-refractivity contribution >= 4 is 38.9 Å². The number of nitrogens with two attached hydrogens (primary N) is 2. The van der Waals surface area contributed by atoms with Crippen LogP contribution in [0.1, 0.15) is 10.4 Å². The van der Waals surface area contributed by atoms with Crippen LogP contribution in [0.4, 0.5) is 11.4 Å². The molecule has 2 aromatic rings. The second-order valence-corrected chi connectivity index (χ2v) is 6.32. The van der Waals surface area contributed by atoms with Crippen molar-refractivity contribution in [2.75, 3.05) is 10.5 Å². The minimum atomic E-state index is -3.84. The molecule has 0 unspecified atom stereocenters. The summed E-state index contributed by atoms with van der Waals surface area (Å²) in [5, 5.41) is 0.345. The zero-order valence-electron chi connectivity index (χ0n) is 10.7. The van der Waals surface area contributed by atoms with Gasteiger partial charge in [0.2, 0.25) is 5.91 Å². The molecule has 0 fully saturated rings. The highest BCUT2D eigenvalue weighted by Gasteiger charge is 2.17. The van der Waals surface area contributed by atoms with Gasteiger partial charge < -0.3 is 11.5 Å². The van der Waals surface area contributed by atoms with Crippen LogP contribution < -0.4 is 16.2 Å². The molecule has 0 aliphatic heterocycles. The molecule has 6 nitrogen and oxygen atoms in total. The number of rotatable bonds is 4. The van der Waals surface area contributed by atoms with Gasteiger partial charge in [0.25, 0.3) is 10.0 Å². The fourth-order valence-electron chi connectivity index (χ4n) is 1.68. The Balaban J connectivity index is 2.30. The zero-order valence-corrected chi connectivity index (χ0v) is 12.3. The Morgan fingerprint density at radius 3 is 2.24 bits per heavy atom. The Hall–Kier alpha value is -2.25. The fourth-order valence-corrected chi connectivity index (χ4v) is 3.03. The van der Waals surface area contributed by atoms with Gasteiger partial charge in [0, 0.05) is 16.3 Å². The van der Waals surface area contributed by atoms with E-state index in [4.69, 9.17) is 23.1 Å². The smallest absolute Gasteiger partial charge is 0.263 e. The summed E-state index contributed by atoms with van der Waals surface area (Å²) >= 11 is 5.74. The van der Waals surface area contributed by atoms with Gasteiger partial charge in [0.05, 0.1) is 5.69 Å². The molecule has 110 valence electrons. The number of nitrogens with one attached hydrogen (secondary N) is 1. The third-order valence-electron chi connectivity index (χ3n) is 2.68. The number of nitrogen functional groups attached to an aromatic ring is 1. The van der Waals surface area contributed by atoms with E-state index in [1.807, 2.05) is 0 Å². The van der Waals surface area contributed by atoms with E-state index in [0.717, 1.165) is 0 Å². The molecule has 2 aromatic carbocycles. The van der Waals surface area contributed by atoms with Crippen LogP contribution in [0.15, 0.2) is 47.4 Å². The molecule has 21 heavy (non-hydrogen) atoms. The molecule has 0 bridgehead atoms. The van der Waals surface area contributed by atoms with Crippen LogP contribution in [0.5, 0.6) is 0 Å². The van der Waals surface area contributed by atoms with Crippen LogP contribution in [0, 0.1) is 0 Å². The predicted octanol–water partition coefficient (Wildman–Crippen LogP) is 1.82. The molecule has 5 N–H and O–H groups in total. The summed E-state index contributed by atoms with van der Waals surface area (Å²) in [7, 11) is -3.84. The van der Waals surface area contributed by atoms with Gasteiger partial charge in [-0.05, 0) is 42.5 Å². The summed E-state index contributed by atoms with van der Waals surface area (Å²) in [6.45, 7) is 0. The maximum atomic E-state index is 12.2. The number of carbonyl (C=O) groups is 1. The lowest BCUT2D eigenvalue weighted by Gasteiger charge is -2.10. The zero-order chi connectivity index (χ0) is 15.6. The van der Waals surface area contributed by atoms with E-state index in [1.54, 1.807) is 0 Å².